The topological polar surface area (TPSA) is 70.6 Å². The molecule has 0 heterocycles. The fourth-order valence-corrected chi connectivity index (χ4v) is 0.784. The number of phenolic OH excluding ortho intramolecular Hbond substituents is 1. The zero-order valence-corrected chi connectivity index (χ0v) is 7.58. The van der Waals surface area contributed by atoms with Crippen LogP contribution in [-0.2, 0) is 0 Å². The maximum Gasteiger partial charge on any atom is 0.207 e. The number of benzene rings is 1. The normalized spacial score (nSPS) is 10.2. The molecule has 1 aromatic rings. The van der Waals surface area contributed by atoms with E-state index in [1.54, 1.807) is 30.5 Å². The molecular formula is C8H9N3OS. The predicted molar refractivity (Wildman–Crippen MR) is 55.6 cm³/mol. The second-order valence-corrected chi connectivity index (χ2v) is 2.69. The molecule has 0 radical (unpaired) electrons. The Labute approximate surface area is 81.1 Å². The van der Waals surface area contributed by atoms with E-state index in [0.717, 1.165) is 5.56 Å². The molecule has 4 nitrogen and oxygen atoms in total. The minimum Gasteiger partial charge on any atom is -0.508 e. The first-order valence-corrected chi connectivity index (χ1v) is 3.97. The summed E-state index contributed by atoms with van der Waals surface area (Å²) in [6.45, 7) is 0. The van der Waals surface area contributed by atoms with Crippen molar-refractivity contribution in [1.82, 2.24) is 5.43 Å². The van der Waals surface area contributed by atoms with Gasteiger partial charge >= 0.3 is 0 Å². The van der Waals surface area contributed by atoms with Crippen LogP contribution in [0.5, 0.6) is 5.75 Å². The molecular weight excluding hydrogens is 186 g/mol. The number of rotatable bonds is 1. The van der Waals surface area contributed by atoms with Crippen molar-refractivity contribution in [3.8, 4) is 5.75 Å². The van der Waals surface area contributed by atoms with Crippen LogP contribution < -0.4 is 11.3 Å². The molecule has 68 valence electrons. The van der Waals surface area contributed by atoms with E-state index in [0.29, 0.717) is 0 Å². The molecule has 13 heavy (non-hydrogen) atoms. The zero-order valence-electron chi connectivity index (χ0n) is 6.77. The molecule has 0 atom stereocenters. The first kappa shape index (κ1) is 9.63. The summed E-state index contributed by atoms with van der Waals surface area (Å²) in [5.41, 5.74) is 3.07. The average Bonchev–Trinajstić information content (AvgIpc) is 2.16. The molecule has 4 N–H and O–H groups in total. The lowest BCUT2D eigenvalue weighted by Gasteiger charge is -1.94. The molecule has 1 aromatic carbocycles. The molecule has 0 bridgehead atoms. The smallest absolute Gasteiger partial charge is 0.207 e. The summed E-state index contributed by atoms with van der Waals surface area (Å²) in [4.78, 5) is 3.83. The Hall–Kier alpha value is -1.46. The monoisotopic (exact) mass is 195 g/mol. The molecule has 0 aliphatic carbocycles. The summed E-state index contributed by atoms with van der Waals surface area (Å²) in [6.07, 6.45) is 1.56. The van der Waals surface area contributed by atoms with Crippen molar-refractivity contribution in [2.24, 2.45) is 10.8 Å². The van der Waals surface area contributed by atoms with Gasteiger partial charge in [0.05, 0.1) is 0 Å². The zero-order chi connectivity index (χ0) is 9.68. The van der Waals surface area contributed by atoms with Gasteiger partial charge in [0.15, 0.2) is 0 Å². The molecule has 0 amide bonds. The number of nitrogens with zero attached hydrogens (tertiary/aromatic N) is 1. The van der Waals surface area contributed by atoms with Gasteiger partial charge in [-0.05, 0) is 42.0 Å². The van der Waals surface area contributed by atoms with Crippen molar-refractivity contribution in [2.75, 3.05) is 0 Å². The van der Waals surface area contributed by atoms with Crippen molar-refractivity contribution in [3.05, 3.63) is 29.8 Å². The van der Waals surface area contributed by atoms with Crippen LogP contribution in [-0.4, -0.2) is 16.4 Å². The van der Waals surface area contributed by atoms with E-state index in [4.69, 9.17) is 23.2 Å². The van der Waals surface area contributed by atoms with E-state index in [2.05, 4.69) is 10.4 Å². The van der Waals surface area contributed by atoms with Gasteiger partial charge < -0.3 is 5.11 Å². The number of thiocarbonyl (C=S) groups is 1. The fraction of sp³-hybridized carbons (Fsp3) is 0. The average molecular weight is 195 g/mol. The Morgan fingerprint density at radius 1 is 1.46 bits per heavy atom. The van der Waals surface area contributed by atoms with Crippen LogP contribution in [0.4, 0.5) is 0 Å². The molecule has 0 spiro atoms. The summed E-state index contributed by atoms with van der Waals surface area (Å²) < 4.78 is 0. The van der Waals surface area contributed by atoms with E-state index in [-0.39, 0.29) is 10.9 Å². The highest BCUT2D eigenvalue weighted by Gasteiger charge is 1.89. The van der Waals surface area contributed by atoms with E-state index < -0.39 is 0 Å². The standard InChI is InChI=1S/C8H9N3OS/c9-11-8(13)10-5-6-1-3-7(12)4-2-6/h1-5,12H,9H2,(H,11,13)/b10-5+. The molecule has 0 saturated heterocycles. The summed E-state index contributed by atoms with van der Waals surface area (Å²) in [5.74, 6) is 5.23. The molecule has 0 aliphatic rings. The third kappa shape index (κ3) is 3.18. The van der Waals surface area contributed by atoms with Gasteiger partial charge in [0.2, 0.25) is 5.11 Å². The highest BCUT2D eigenvalue weighted by atomic mass is 32.1. The minimum atomic E-state index is 0.216. The largest absolute Gasteiger partial charge is 0.508 e. The first-order valence-electron chi connectivity index (χ1n) is 3.56. The highest BCUT2D eigenvalue weighted by molar-refractivity contribution is 7.80. The second-order valence-electron chi connectivity index (χ2n) is 2.30. The van der Waals surface area contributed by atoms with Crippen molar-refractivity contribution in [3.63, 3.8) is 0 Å². The Kier molecular flexibility index (Phi) is 3.36. The number of hydrogen-bond acceptors (Lipinski definition) is 3. The lowest BCUT2D eigenvalue weighted by atomic mass is 10.2. The predicted octanol–water partition coefficient (Wildman–Crippen LogP) is 0.559. The second kappa shape index (κ2) is 4.54. The van der Waals surface area contributed by atoms with Gasteiger partial charge in [0.25, 0.3) is 0 Å². The SMILES string of the molecule is NNC(=S)/N=C/c1ccc(O)cc1. The molecule has 5 heteroatoms. The van der Waals surface area contributed by atoms with Crippen LogP contribution in [0.3, 0.4) is 0 Å². The van der Waals surface area contributed by atoms with Crippen LogP contribution in [0, 0.1) is 0 Å². The molecule has 0 fully saturated rings. The lowest BCUT2D eigenvalue weighted by molar-refractivity contribution is 0.475. The van der Waals surface area contributed by atoms with Gasteiger partial charge in [-0.3, -0.25) is 5.43 Å². The number of phenols is 1. The number of hydrogen-bond donors (Lipinski definition) is 3. The molecule has 0 saturated carbocycles. The Bertz CT molecular complexity index is 321. The van der Waals surface area contributed by atoms with E-state index in [1.807, 2.05) is 0 Å². The van der Waals surface area contributed by atoms with Crippen LogP contribution >= 0.6 is 12.2 Å². The summed E-state index contributed by atoms with van der Waals surface area (Å²) >= 11 is 4.70. The maximum absolute atomic E-state index is 8.98. The van der Waals surface area contributed by atoms with Crippen LogP contribution in [0.2, 0.25) is 0 Å². The quantitative estimate of drug-likeness (QED) is 0.265. The van der Waals surface area contributed by atoms with Crippen LogP contribution in [0.15, 0.2) is 29.3 Å². The molecule has 0 aliphatic heterocycles. The van der Waals surface area contributed by atoms with Crippen LogP contribution in [0.1, 0.15) is 5.56 Å². The summed E-state index contributed by atoms with van der Waals surface area (Å²) in [7, 11) is 0. The Morgan fingerprint density at radius 3 is 2.62 bits per heavy atom. The van der Waals surface area contributed by atoms with Crippen molar-refractivity contribution in [2.45, 2.75) is 0 Å². The fourth-order valence-electron chi connectivity index (χ4n) is 0.731. The van der Waals surface area contributed by atoms with Gasteiger partial charge in [-0.25, -0.2) is 10.8 Å². The number of hydrazine groups is 1. The van der Waals surface area contributed by atoms with Gasteiger partial charge in [-0.15, -0.1) is 0 Å². The number of aromatic hydroxyl groups is 1. The van der Waals surface area contributed by atoms with Gasteiger partial charge in [-0.1, -0.05) is 0 Å². The first-order chi connectivity index (χ1) is 6.22. The molecule has 0 unspecified atom stereocenters. The van der Waals surface area contributed by atoms with Gasteiger partial charge in [0, 0.05) is 6.21 Å². The Balaban J connectivity index is 2.69. The third-order valence-electron chi connectivity index (χ3n) is 1.35. The van der Waals surface area contributed by atoms with E-state index in [1.165, 1.54) is 0 Å². The summed E-state index contributed by atoms with van der Waals surface area (Å²) in [6, 6.07) is 6.58. The van der Waals surface area contributed by atoms with E-state index in [9.17, 15) is 0 Å². The molecule has 1 rings (SSSR count). The van der Waals surface area contributed by atoms with Gasteiger partial charge in [-0.2, -0.15) is 0 Å². The van der Waals surface area contributed by atoms with Gasteiger partial charge in [0.1, 0.15) is 5.75 Å². The number of nitrogens with two attached hydrogens (primary N) is 1. The Morgan fingerprint density at radius 2 is 2.08 bits per heavy atom. The van der Waals surface area contributed by atoms with Crippen molar-refractivity contribution < 1.29 is 5.11 Å². The van der Waals surface area contributed by atoms with Crippen molar-refractivity contribution in [1.29, 1.82) is 0 Å². The lowest BCUT2D eigenvalue weighted by Crippen LogP contribution is -2.26. The maximum atomic E-state index is 8.98. The van der Waals surface area contributed by atoms with E-state index >= 15 is 0 Å². The molecule has 0 aromatic heterocycles. The summed E-state index contributed by atoms with van der Waals surface area (Å²) in [5, 5.41) is 9.19. The third-order valence-corrected chi connectivity index (χ3v) is 1.57. The number of aliphatic imine (C=N–C) groups is 1. The van der Waals surface area contributed by atoms with Crippen molar-refractivity contribution >= 4 is 23.5 Å². The highest BCUT2D eigenvalue weighted by Crippen LogP contribution is 2.07. The number of nitrogens with one attached hydrogen (secondary N) is 1. The van der Waals surface area contributed by atoms with Crippen LogP contribution in [0.25, 0.3) is 0 Å². The minimum absolute atomic E-state index is 0.216.